The van der Waals surface area contributed by atoms with Gasteiger partial charge >= 0.3 is 24.0 Å². The maximum Gasteiger partial charge on any atom is 0.471 e. The van der Waals surface area contributed by atoms with Crippen LogP contribution < -0.4 is 10.1 Å². The lowest BCUT2D eigenvalue weighted by Crippen LogP contribution is -2.30. The first kappa shape index (κ1) is 19.1. The molecule has 0 aliphatic carbocycles. The number of carbonyl (C=O) groups is 4. The molecule has 0 fully saturated rings. The first-order valence-corrected chi connectivity index (χ1v) is 6.31. The Morgan fingerprint density at radius 2 is 1.62 bits per heavy atom. The molecule has 0 spiro atoms. The summed E-state index contributed by atoms with van der Waals surface area (Å²) < 4.78 is 46.3. The summed E-state index contributed by atoms with van der Waals surface area (Å²) in [4.78, 5) is 45.4. The van der Waals surface area contributed by atoms with Crippen LogP contribution in [-0.2, 0) is 14.3 Å². The Bertz CT molecular complexity index is 711. The van der Waals surface area contributed by atoms with Crippen LogP contribution in [0, 0.1) is 0 Å². The van der Waals surface area contributed by atoms with Crippen molar-refractivity contribution < 1.29 is 41.8 Å². The van der Waals surface area contributed by atoms with Crippen LogP contribution >= 0.6 is 0 Å². The number of alkyl halides is 3. The molecule has 7 nitrogen and oxygen atoms in total. The molecule has 0 aromatic heterocycles. The molecular formula is C14H12F3NO6. The van der Waals surface area contributed by atoms with Gasteiger partial charge in [-0.25, -0.2) is 4.79 Å². The average Bonchev–Trinajstić information content (AvgIpc) is 2.44. The van der Waals surface area contributed by atoms with E-state index in [-0.39, 0.29) is 5.56 Å². The molecule has 130 valence electrons. The Morgan fingerprint density at radius 1 is 1.04 bits per heavy atom. The van der Waals surface area contributed by atoms with Crippen LogP contribution in [0.2, 0.25) is 0 Å². The molecule has 0 bridgehead atoms. The molecule has 0 heterocycles. The highest BCUT2D eigenvalue weighted by Gasteiger charge is 2.39. The minimum absolute atomic E-state index is 0.240. The molecular weight excluding hydrogens is 335 g/mol. The van der Waals surface area contributed by atoms with Crippen molar-refractivity contribution in [3.8, 4) is 5.75 Å². The van der Waals surface area contributed by atoms with Crippen LogP contribution in [0.3, 0.4) is 0 Å². The fourth-order valence-electron chi connectivity index (χ4n) is 1.67. The van der Waals surface area contributed by atoms with Gasteiger partial charge in [0.15, 0.2) is 5.78 Å². The summed E-state index contributed by atoms with van der Waals surface area (Å²) in [7, 11) is 0.963. The zero-order valence-electron chi connectivity index (χ0n) is 12.7. The van der Waals surface area contributed by atoms with Gasteiger partial charge in [-0.1, -0.05) is 0 Å². The predicted molar refractivity (Wildman–Crippen MR) is 73.8 cm³/mol. The number of nitrogens with one attached hydrogen (secondary N) is 1. The van der Waals surface area contributed by atoms with Gasteiger partial charge in [-0.2, -0.15) is 13.2 Å². The molecule has 24 heavy (non-hydrogen) atoms. The fourth-order valence-corrected chi connectivity index (χ4v) is 1.67. The second-order valence-electron chi connectivity index (χ2n) is 4.49. The van der Waals surface area contributed by atoms with Crippen molar-refractivity contribution >= 4 is 29.3 Å². The van der Waals surface area contributed by atoms with E-state index in [2.05, 4.69) is 4.74 Å². The second-order valence-corrected chi connectivity index (χ2v) is 4.49. The van der Waals surface area contributed by atoms with E-state index in [1.807, 2.05) is 0 Å². The third kappa shape index (κ3) is 4.54. The monoisotopic (exact) mass is 347 g/mol. The highest BCUT2D eigenvalue weighted by atomic mass is 19.4. The van der Waals surface area contributed by atoms with Gasteiger partial charge < -0.3 is 14.8 Å². The number of ether oxygens (including phenoxy) is 2. The summed E-state index contributed by atoms with van der Waals surface area (Å²) in [5.74, 6) is -5.32. The van der Waals surface area contributed by atoms with Crippen molar-refractivity contribution in [2.75, 3.05) is 12.4 Å². The van der Waals surface area contributed by atoms with Gasteiger partial charge in [0.25, 0.3) is 0 Å². The summed E-state index contributed by atoms with van der Waals surface area (Å²) in [5.41, 5.74) is -1.36. The zero-order valence-corrected chi connectivity index (χ0v) is 12.7. The van der Waals surface area contributed by atoms with Crippen molar-refractivity contribution in [2.45, 2.75) is 20.0 Å². The minimum atomic E-state index is -5.21. The number of halogens is 3. The van der Waals surface area contributed by atoms with Crippen LogP contribution in [0.25, 0.3) is 0 Å². The van der Waals surface area contributed by atoms with Gasteiger partial charge in [-0.3, -0.25) is 14.4 Å². The Hall–Kier alpha value is -2.91. The summed E-state index contributed by atoms with van der Waals surface area (Å²) in [6, 6.07) is 1.65. The maximum absolute atomic E-state index is 12.4. The first-order chi connectivity index (χ1) is 11.0. The van der Waals surface area contributed by atoms with Gasteiger partial charge in [0.2, 0.25) is 0 Å². The normalized spacial score (nSPS) is 10.8. The predicted octanol–water partition coefficient (Wildman–Crippen LogP) is 2.10. The Labute approximate surface area is 133 Å². The van der Waals surface area contributed by atoms with Gasteiger partial charge in [-0.15, -0.1) is 0 Å². The molecule has 1 aromatic carbocycles. The Kier molecular flexibility index (Phi) is 5.67. The smallest absolute Gasteiger partial charge is 0.465 e. The second kappa shape index (κ2) is 7.11. The molecule has 0 saturated carbocycles. The van der Waals surface area contributed by atoms with E-state index in [9.17, 15) is 32.3 Å². The Balaban J connectivity index is 3.52. The first-order valence-electron chi connectivity index (χ1n) is 6.31. The molecule has 1 rings (SSSR count). The molecule has 1 aromatic rings. The molecule has 0 unspecified atom stereocenters. The van der Waals surface area contributed by atoms with Crippen molar-refractivity contribution in [3.05, 3.63) is 23.3 Å². The van der Waals surface area contributed by atoms with E-state index in [1.165, 1.54) is 5.32 Å². The third-order valence-corrected chi connectivity index (χ3v) is 2.66. The minimum Gasteiger partial charge on any atom is -0.465 e. The third-order valence-electron chi connectivity index (χ3n) is 2.66. The van der Waals surface area contributed by atoms with E-state index < -0.39 is 46.8 Å². The molecule has 0 saturated heterocycles. The number of amides is 1. The van der Waals surface area contributed by atoms with E-state index in [0.717, 1.165) is 33.1 Å². The van der Waals surface area contributed by atoms with E-state index in [0.29, 0.717) is 0 Å². The molecule has 1 amide bonds. The fraction of sp³-hybridized carbons (Fsp3) is 0.286. The highest BCUT2D eigenvalue weighted by molar-refractivity contribution is 6.07. The van der Waals surface area contributed by atoms with Crippen LogP contribution in [-0.4, -0.2) is 36.9 Å². The number of hydrogen-bond donors (Lipinski definition) is 1. The number of rotatable bonds is 4. The SMILES string of the molecule is COC(=O)c1cc(C(C)=O)c(OC(C)=O)cc1NC(=O)C(F)(F)F. The zero-order chi connectivity index (χ0) is 18.7. The van der Waals surface area contributed by atoms with Crippen molar-refractivity contribution in [1.82, 2.24) is 0 Å². The van der Waals surface area contributed by atoms with Crippen LogP contribution in [0.5, 0.6) is 5.75 Å². The lowest BCUT2D eigenvalue weighted by atomic mass is 10.0. The molecule has 1 N–H and O–H groups in total. The number of carbonyl (C=O) groups excluding carboxylic acids is 4. The van der Waals surface area contributed by atoms with E-state index in [4.69, 9.17) is 4.74 Å². The number of benzene rings is 1. The molecule has 0 radical (unpaired) electrons. The molecule has 0 atom stereocenters. The van der Waals surface area contributed by atoms with Gasteiger partial charge in [0, 0.05) is 13.0 Å². The number of esters is 2. The number of Topliss-reactive ketones (excluding diaryl/α,β-unsaturated/α-hetero) is 1. The molecule has 0 aliphatic heterocycles. The molecule has 10 heteroatoms. The summed E-state index contributed by atoms with van der Waals surface area (Å²) in [5, 5.41) is 1.48. The van der Waals surface area contributed by atoms with E-state index in [1.54, 1.807) is 0 Å². The lowest BCUT2D eigenvalue weighted by Gasteiger charge is -2.15. The van der Waals surface area contributed by atoms with Crippen molar-refractivity contribution in [1.29, 1.82) is 0 Å². The number of anilines is 1. The van der Waals surface area contributed by atoms with Gasteiger partial charge in [0.05, 0.1) is 23.9 Å². The van der Waals surface area contributed by atoms with Gasteiger partial charge in [0.1, 0.15) is 5.75 Å². The number of hydrogen-bond acceptors (Lipinski definition) is 6. The van der Waals surface area contributed by atoms with Crippen LogP contribution in [0.1, 0.15) is 34.6 Å². The summed E-state index contributed by atoms with van der Waals surface area (Å²) >= 11 is 0. The van der Waals surface area contributed by atoms with Gasteiger partial charge in [-0.05, 0) is 13.0 Å². The van der Waals surface area contributed by atoms with Crippen molar-refractivity contribution in [3.63, 3.8) is 0 Å². The van der Waals surface area contributed by atoms with Crippen LogP contribution in [0.15, 0.2) is 12.1 Å². The summed E-state index contributed by atoms with van der Waals surface area (Å²) in [6.07, 6.45) is -5.21. The summed E-state index contributed by atoms with van der Waals surface area (Å²) in [6.45, 7) is 2.10. The quantitative estimate of drug-likeness (QED) is 0.509. The Morgan fingerprint density at radius 3 is 2.04 bits per heavy atom. The molecule has 0 aliphatic rings. The largest absolute Gasteiger partial charge is 0.471 e. The van der Waals surface area contributed by atoms with Crippen molar-refractivity contribution in [2.24, 2.45) is 0 Å². The number of ketones is 1. The average molecular weight is 347 g/mol. The standard InChI is InChI=1S/C14H12F3NO6/c1-6(19)8-4-9(12(21)23-3)10(5-11(8)24-7(2)20)18-13(22)14(15,16)17/h4-5H,1-3H3,(H,18,22). The lowest BCUT2D eigenvalue weighted by molar-refractivity contribution is -0.167. The number of methoxy groups -OCH3 is 1. The highest BCUT2D eigenvalue weighted by Crippen LogP contribution is 2.30. The topological polar surface area (TPSA) is 98.8 Å². The van der Waals surface area contributed by atoms with E-state index >= 15 is 0 Å². The maximum atomic E-state index is 12.4. The van der Waals surface area contributed by atoms with Crippen LogP contribution in [0.4, 0.5) is 18.9 Å².